The third-order valence-electron chi connectivity index (χ3n) is 4.04. The maximum Gasteiger partial charge on any atom is 0.307 e. The van der Waals surface area contributed by atoms with Crippen LogP contribution < -0.4 is 5.32 Å². The summed E-state index contributed by atoms with van der Waals surface area (Å²) in [6, 6.07) is 0. The number of carbonyl (C=O) groups excluding carboxylic acids is 1. The second-order valence-electron chi connectivity index (χ2n) is 6.21. The molecule has 0 bridgehead atoms. The lowest BCUT2D eigenvalue weighted by Gasteiger charge is -2.12. The molecule has 0 aliphatic carbocycles. The minimum Gasteiger partial charge on any atom is -0.481 e. The van der Waals surface area contributed by atoms with Crippen LogP contribution in [-0.4, -0.2) is 23.5 Å². The van der Waals surface area contributed by atoms with Gasteiger partial charge in [0.1, 0.15) is 0 Å². The molecule has 0 aromatic carbocycles. The number of rotatable bonds is 15. The summed E-state index contributed by atoms with van der Waals surface area (Å²) in [6.45, 7) is 4.93. The van der Waals surface area contributed by atoms with Crippen LogP contribution >= 0.6 is 0 Å². The molecule has 4 heteroatoms. The molecule has 1 amide bonds. The third-order valence-corrected chi connectivity index (χ3v) is 4.04. The van der Waals surface area contributed by atoms with Crippen molar-refractivity contribution in [3.8, 4) is 0 Å². The predicted molar refractivity (Wildman–Crippen MR) is 90.9 cm³/mol. The molecular weight excluding hydrogens is 278 g/mol. The Morgan fingerprint density at radius 3 is 1.95 bits per heavy atom. The highest BCUT2D eigenvalue weighted by Gasteiger charge is 2.20. The van der Waals surface area contributed by atoms with Crippen LogP contribution in [0.1, 0.15) is 90.9 Å². The molecule has 0 rings (SSSR count). The lowest BCUT2D eigenvalue weighted by molar-refractivity contribution is -0.144. The molecule has 130 valence electrons. The number of carbonyl (C=O) groups is 2. The van der Waals surface area contributed by atoms with E-state index >= 15 is 0 Å². The number of unbranched alkanes of at least 4 members (excludes halogenated alkanes) is 8. The van der Waals surface area contributed by atoms with Crippen LogP contribution in [0.3, 0.4) is 0 Å². The summed E-state index contributed by atoms with van der Waals surface area (Å²) in [5.74, 6) is -1.49. The van der Waals surface area contributed by atoms with Crippen LogP contribution in [0, 0.1) is 5.92 Å². The van der Waals surface area contributed by atoms with E-state index in [0.717, 1.165) is 25.7 Å². The standard InChI is InChI=1S/C18H35NO3/c1-3-5-7-8-9-10-11-12-13-16(18(21)22)15-17(20)19-14-6-4-2/h16H,3-15H2,1-2H3,(H,19,20)(H,21,22)/t16-/m0/s1. The summed E-state index contributed by atoms with van der Waals surface area (Å²) in [7, 11) is 0. The van der Waals surface area contributed by atoms with Gasteiger partial charge in [0, 0.05) is 13.0 Å². The normalized spacial score (nSPS) is 12.1. The highest BCUT2D eigenvalue weighted by Crippen LogP contribution is 2.16. The van der Waals surface area contributed by atoms with Crippen molar-refractivity contribution in [3.05, 3.63) is 0 Å². The van der Waals surface area contributed by atoms with Crippen molar-refractivity contribution in [2.45, 2.75) is 90.9 Å². The van der Waals surface area contributed by atoms with E-state index in [2.05, 4.69) is 19.2 Å². The predicted octanol–water partition coefficient (Wildman–Crippen LogP) is 4.52. The van der Waals surface area contributed by atoms with Gasteiger partial charge in [0.05, 0.1) is 5.92 Å². The number of nitrogens with one attached hydrogen (secondary N) is 1. The zero-order chi connectivity index (χ0) is 16.6. The van der Waals surface area contributed by atoms with Crippen molar-refractivity contribution < 1.29 is 14.7 Å². The Hall–Kier alpha value is -1.06. The number of hydrogen-bond donors (Lipinski definition) is 2. The van der Waals surface area contributed by atoms with Crippen molar-refractivity contribution in [2.24, 2.45) is 5.92 Å². The summed E-state index contributed by atoms with van der Waals surface area (Å²) in [5.41, 5.74) is 0. The summed E-state index contributed by atoms with van der Waals surface area (Å²) in [6.07, 6.45) is 12.3. The van der Waals surface area contributed by atoms with E-state index in [1.54, 1.807) is 0 Å². The Bertz CT molecular complexity index is 292. The lowest BCUT2D eigenvalue weighted by atomic mass is 9.96. The average Bonchev–Trinajstić information content (AvgIpc) is 2.48. The van der Waals surface area contributed by atoms with Crippen LogP contribution in [0.4, 0.5) is 0 Å². The molecule has 0 saturated heterocycles. The Labute approximate surface area is 136 Å². The molecule has 0 aromatic heterocycles. The van der Waals surface area contributed by atoms with Gasteiger partial charge in [0.15, 0.2) is 0 Å². The molecule has 0 spiro atoms. The first-order chi connectivity index (χ1) is 10.6. The van der Waals surface area contributed by atoms with Gasteiger partial charge < -0.3 is 10.4 Å². The van der Waals surface area contributed by atoms with E-state index in [4.69, 9.17) is 0 Å². The second-order valence-corrected chi connectivity index (χ2v) is 6.21. The van der Waals surface area contributed by atoms with Crippen LogP contribution in [-0.2, 0) is 9.59 Å². The van der Waals surface area contributed by atoms with Crippen molar-refractivity contribution in [3.63, 3.8) is 0 Å². The fourth-order valence-electron chi connectivity index (χ4n) is 2.54. The van der Waals surface area contributed by atoms with Gasteiger partial charge in [-0.2, -0.15) is 0 Å². The molecule has 0 fully saturated rings. The zero-order valence-corrected chi connectivity index (χ0v) is 14.5. The zero-order valence-electron chi connectivity index (χ0n) is 14.5. The average molecular weight is 313 g/mol. The summed E-state index contributed by atoms with van der Waals surface area (Å²) < 4.78 is 0. The quantitative estimate of drug-likeness (QED) is 0.437. The smallest absolute Gasteiger partial charge is 0.307 e. The third kappa shape index (κ3) is 12.7. The van der Waals surface area contributed by atoms with Crippen molar-refractivity contribution in [1.29, 1.82) is 0 Å². The molecule has 0 aliphatic rings. The van der Waals surface area contributed by atoms with E-state index in [9.17, 15) is 14.7 Å². The maximum atomic E-state index is 11.7. The molecular formula is C18H35NO3. The van der Waals surface area contributed by atoms with Gasteiger partial charge >= 0.3 is 5.97 Å². The van der Waals surface area contributed by atoms with E-state index in [-0.39, 0.29) is 12.3 Å². The molecule has 22 heavy (non-hydrogen) atoms. The first-order valence-electron chi connectivity index (χ1n) is 9.11. The molecule has 4 nitrogen and oxygen atoms in total. The fourth-order valence-corrected chi connectivity index (χ4v) is 2.54. The number of carboxylic acid groups (broad SMARTS) is 1. The minimum atomic E-state index is -0.839. The Balaban J connectivity index is 3.72. The summed E-state index contributed by atoms with van der Waals surface area (Å²) in [5, 5.41) is 12.0. The van der Waals surface area contributed by atoms with Crippen LogP contribution in [0.25, 0.3) is 0 Å². The molecule has 2 N–H and O–H groups in total. The van der Waals surface area contributed by atoms with Crippen LogP contribution in [0.15, 0.2) is 0 Å². The Kier molecular flexibility index (Phi) is 14.1. The van der Waals surface area contributed by atoms with Gasteiger partial charge in [0.25, 0.3) is 0 Å². The van der Waals surface area contributed by atoms with Crippen molar-refractivity contribution in [2.75, 3.05) is 6.54 Å². The summed E-state index contributed by atoms with van der Waals surface area (Å²) in [4.78, 5) is 22.9. The monoisotopic (exact) mass is 313 g/mol. The van der Waals surface area contributed by atoms with Crippen LogP contribution in [0.2, 0.25) is 0 Å². The molecule has 0 radical (unpaired) electrons. The molecule has 0 unspecified atom stereocenters. The van der Waals surface area contributed by atoms with Crippen molar-refractivity contribution in [1.82, 2.24) is 5.32 Å². The number of amides is 1. The highest BCUT2D eigenvalue weighted by molar-refractivity contribution is 5.82. The number of carboxylic acids is 1. The molecule has 0 saturated carbocycles. The Morgan fingerprint density at radius 2 is 1.41 bits per heavy atom. The minimum absolute atomic E-state index is 0.121. The highest BCUT2D eigenvalue weighted by atomic mass is 16.4. The first-order valence-corrected chi connectivity index (χ1v) is 9.11. The Morgan fingerprint density at radius 1 is 0.864 bits per heavy atom. The van der Waals surface area contributed by atoms with E-state index < -0.39 is 11.9 Å². The van der Waals surface area contributed by atoms with Gasteiger partial charge in [-0.1, -0.05) is 71.6 Å². The van der Waals surface area contributed by atoms with Gasteiger partial charge in [-0.05, 0) is 12.8 Å². The maximum absolute atomic E-state index is 11.7. The van der Waals surface area contributed by atoms with Crippen LogP contribution in [0.5, 0.6) is 0 Å². The molecule has 1 atom stereocenters. The molecule has 0 aliphatic heterocycles. The van der Waals surface area contributed by atoms with Gasteiger partial charge in [-0.25, -0.2) is 0 Å². The second kappa shape index (κ2) is 14.9. The SMILES string of the molecule is CCCCCCCCCC[C@@H](CC(=O)NCCCC)C(=O)O. The number of aliphatic carboxylic acids is 1. The van der Waals surface area contributed by atoms with Gasteiger partial charge in [-0.15, -0.1) is 0 Å². The van der Waals surface area contributed by atoms with E-state index in [0.29, 0.717) is 13.0 Å². The lowest BCUT2D eigenvalue weighted by Crippen LogP contribution is -2.29. The molecule has 0 aromatic rings. The fraction of sp³-hybridized carbons (Fsp3) is 0.889. The molecule has 0 heterocycles. The van der Waals surface area contributed by atoms with Gasteiger partial charge in [0.2, 0.25) is 5.91 Å². The number of hydrogen-bond acceptors (Lipinski definition) is 2. The summed E-state index contributed by atoms with van der Waals surface area (Å²) >= 11 is 0. The van der Waals surface area contributed by atoms with Crippen molar-refractivity contribution >= 4 is 11.9 Å². The van der Waals surface area contributed by atoms with E-state index in [1.807, 2.05) is 0 Å². The topological polar surface area (TPSA) is 66.4 Å². The first kappa shape index (κ1) is 20.9. The van der Waals surface area contributed by atoms with Gasteiger partial charge in [-0.3, -0.25) is 9.59 Å². The van der Waals surface area contributed by atoms with E-state index in [1.165, 1.54) is 38.5 Å². The largest absolute Gasteiger partial charge is 0.481 e.